The van der Waals surface area contributed by atoms with Gasteiger partial charge in [-0.2, -0.15) is 0 Å². The predicted octanol–water partition coefficient (Wildman–Crippen LogP) is 3.74. The zero-order valence-electron chi connectivity index (χ0n) is 11.9. The lowest BCUT2D eigenvalue weighted by molar-refractivity contribution is 0.395. The second-order valence-electron chi connectivity index (χ2n) is 4.40. The van der Waals surface area contributed by atoms with Gasteiger partial charge in [0.2, 0.25) is 0 Å². The molecule has 2 aromatic rings. The maximum Gasteiger partial charge on any atom is 0.130 e. The Hall–Kier alpha value is -1.71. The first-order valence-electron chi connectivity index (χ1n) is 6.35. The van der Waals surface area contributed by atoms with Crippen LogP contribution in [0.2, 0.25) is 5.02 Å². The van der Waals surface area contributed by atoms with Crippen molar-refractivity contribution >= 4 is 11.6 Å². The predicted molar refractivity (Wildman–Crippen MR) is 82.8 cm³/mol. The lowest BCUT2D eigenvalue weighted by atomic mass is 9.98. The SMILES string of the molecule is CNCc1ccc(Cl)cc1-c1ccc(OC)cc1OC. The Bertz CT molecular complexity index is 599. The van der Waals surface area contributed by atoms with Crippen LogP contribution in [0, 0.1) is 0 Å². The molecule has 4 heteroatoms. The van der Waals surface area contributed by atoms with Gasteiger partial charge in [0.25, 0.3) is 0 Å². The summed E-state index contributed by atoms with van der Waals surface area (Å²) in [5.41, 5.74) is 3.23. The largest absolute Gasteiger partial charge is 0.497 e. The normalized spacial score (nSPS) is 10.4. The van der Waals surface area contributed by atoms with Gasteiger partial charge in [-0.1, -0.05) is 17.7 Å². The molecule has 0 radical (unpaired) electrons. The number of rotatable bonds is 5. The molecular formula is C16H18ClNO2. The molecule has 20 heavy (non-hydrogen) atoms. The maximum atomic E-state index is 6.14. The van der Waals surface area contributed by atoms with Crippen LogP contribution in [0.1, 0.15) is 5.56 Å². The van der Waals surface area contributed by atoms with Crippen molar-refractivity contribution in [2.75, 3.05) is 21.3 Å². The lowest BCUT2D eigenvalue weighted by Gasteiger charge is -2.14. The first-order valence-corrected chi connectivity index (χ1v) is 6.72. The van der Waals surface area contributed by atoms with Crippen molar-refractivity contribution in [2.45, 2.75) is 6.54 Å². The summed E-state index contributed by atoms with van der Waals surface area (Å²) in [6.45, 7) is 0.766. The van der Waals surface area contributed by atoms with Gasteiger partial charge in [0.1, 0.15) is 11.5 Å². The summed E-state index contributed by atoms with van der Waals surface area (Å²) in [5, 5.41) is 3.87. The Morgan fingerprint density at radius 1 is 1.00 bits per heavy atom. The van der Waals surface area contributed by atoms with E-state index in [4.69, 9.17) is 21.1 Å². The van der Waals surface area contributed by atoms with E-state index in [0.29, 0.717) is 5.02 Å². The van der Waals surface area contributed by atoms with Crippen LogP contribution in [0.15, 0.2) is 36.4 Å². The Morgan fingerprint density at radius 3 is 2.45 bits per heavy atom. The monoisotopic (exact) mass is 291 g/mol. The smallest absolute Gasteiger partial charge is 0.130 e. The van der Waals surface area contributed by atoms with Gasteiger partial charge in [-0.05, 0) is 42.4 Å². The summed E-state index contributed by atoms with van der Waals surface area (Å²) >= 11 is 6.14. The van der Waals surface area contributed by atoms with Gasteiger partial charge >= 0.3 is 0 Å². The second kappa shape index (κ2) is 6.64. The molecule has 2 aromatic carbocycles. The molecule has 0 heterocycles. The van der Waals surface area contributed by atoms with Gasteiger partial charge in [0.05, 0.1) is 14.2 Å². The highest BCUT2D eigenvalue weighted by Gasteiger charge is 2.12. The third-order valence-electron chi connectivity index (χ3n) is 3.14. The molecule has 0 bridgehead atoms. The van der Waals surface area contributed by atoms with E-state index in [0.717, 1.165) is 29.2 Å². The Labute approximate surface area is 124 Å². The highest BCUT2D eigenvalue weighted by Crippen LogP contribution is 2.36. The average Bonchev–Trinajstić information content (AvgIpc) is 2.48. The molecule has 0 saturated carbocycles. The van der Waals surface area contributed by atoms with Crippen LogP contribution in [-0.4, -0.2) is 21.3 Å². The van der Waals surface area contributed by atoms with Crippen molar-refractivity contribution in [3.8, 4) is 22.6 Å². The highest BCUT2D eigenvalue weighted by atomic mass is 35.5. The van der Waals surface area contributed by atoms with E-state index >= 15 is 0 Å². The molecule has 1 N–H and O–H groups in total. The van der Waals surface area contributed by atoms with Crippen molar-refractivity contribution in [1.29, 1.82) is 0 Å². The van der Waals surface area contributed by atoms with Crippen LogP contribution in [0.5, 0.6) is 11.5 Å². The molecule has 0 spiro atoms. The molecule has 0 amide bonds. The fourth-order valence-corrected chi connectivity index (χ4v) is 2.34. The highest BCUT2D eigenvalue weighted by molar-refractivity contribution is 6.30. The van der Waals surface area contributed by atoms with E-state index in [1.807, 2.05) is 43.4 Å². The number of ether oxygens (including phenoxy) is 2. The topological polar surface area (TPSA) is 30.5 Å². The Kier molecular flexibility index (Phi) is 4.88. The molecule has 0 atom stereocenters. The fourth-order valence-electron chi connectivity index (χ4n) is 2.17. The van der Waals surface area contributed by atoms with Crippen LogP contribution < -0.4 is 14.8 Å². The third kappa shape index (κ3) is 3.06. The fraction of sp³-hybridized carbons (Fsp3) is 0.250. The number of nitrogens with one attached hydrogen (secondary N) is 1. The van der Waals surface area contributed by atoms with E-state index in [1.165, 1.54) is 5.56 Å². The number of hydrogen-bond acceptors (Lipinski definition) is 3. The molecule has 0 aliphatic heterocycles. The minimum absolute atomic E-state index is 0.706. The van der Waals surface area contributed by atoms with E-state index in [-0.39, 0.29) is 0 Å². The molecule has 0 aliphatic carbocycles. The zero-order chi connectivity index (χ0) is 14.5. The Morgan fingerprint density at radius 2 is 1.80 bits per heavy atom. The van der Waals surface area contributed by atoms with Gasteiger partial charge in [-0.15, -0.1) is 0 Å². The molecule has 2 rings (SSSR count). The minimum Gasteiger partial charge on any atom is -0.497 e. The quantitative estimate of drug-likeness (QED) is 0.910. The first-order chi connectivity index (χ1) is 9.69. The summed E-state index contributed by atoms with van der Waals surface area (Å²) < 4.78 is 10.7. The first kappa shape index (κ1) is 14.7. The summed E-state index contributed by atoms with van der Waals surface area (Å²) in [7, 11) is 5.21. The van der Waals surface area contributed by atoms with Crippen molar-refractivity contribution in [1.82, 2.24) is 5.32 Å². The van der Waals surface area contributed by atoms with Crippen molar-refractivity contribution < 1.29 is 9.47 Å². The van der Waals surface area contributed by atoms with Crippen LogP contribution in [-0.2, 0) is 6.54 Å². The lowest BCUT2D eigenvalue weighted by Crippen LogP contribution is -2.06. The molecular weight excluding hydrogens is 274 g/mol. The zero-order valence-corrected chi connectivity index (χ0v) is 12.6. The van der Waals surface area contributed by atoms with Crippen LogP contribution in [0.25, 0.3) is 11.1 Å². The molecule has 0 unspecified atom stereocenters. The molecule has 0 aromatic heterocycles. The van der Waals surface area contributed by atoms with Crippen molar-refractivity contribution in [3.05, 3.63) is 47.0 Å². The number of methoxy groups -OCH3 is 2. The Balaban J connectivity index is 2.57. The number of hydrogen-bond donors (Lipinski definition) is 1. The summed E-state index contributed by atoms with van der Waals surface area (Å²) in [6, 6.07) is 11.7. The van der Waals surface area contributed by atoms with Gasteiger partial charge in [0, 0.05) is 23.2 Å². The summed E-state index contributed by atoms with van der Waals surface area (Å²) in [4.78, 5) is 0. The molecule has 3 nitrogen and oxygen atoms in total. The number of benzene rings is 2. The minimum atomic E-state index is 0.706. The van der Waals surface area contributed by atoms with Gasteiger partial charge in [-0.25, -0.2) is 0 Å². The van der Waals surface area contributed by atoms with E-state index in [1.54, 1.807) is 14.2 Å². The standard InChI is InChI=1S/C16H18ClNO2/c1-18-10-11-4-5-12(17)8-15(11)14-7-6-13(19-2)9-16(14)20-3/h4-9,18H,10H2,1-3H3. The second-order valence-corrected chi connectivity index (χ2v) is 4.83. The molecule has 0 saturated heterocycles. The van der Waals surface area contributed by atoms with Crippen LogP contribution >= 0.6 is 11.6 Å². The average molecular weight is 292 g/mol. The maximum absolute atomic E-state index is 6.14. The van der Waals surface area contributed by atoms with E-state index in [2.05, 4.69) is 5.32 Å². The summed E-state index contributed by atoms with van der Waals surface area (Å²) in [6.07, 6.45) is 0. The number of halogens is 1. The summed E-state index contributed by atoms with van der Waals surface area (Å²) in [5.74, 6) is 1.53. The van der Waals surface area contributed by atoms with Crippen molar-refractivity contribution in [3.63, 3.8) is 0 Å². The van der Waals surface area contributed by atoms with Gasteiger partial charge in [-0.3, -0.25) is 0 Å². The molecule has 0 fully saturated rings. The van der Waals surface area contributed by atoms with Gasteiger partial charge < -0.3 is 14.8 Å². The van der Waals surface area contributed by atoms with Crippen molar-refractivity contribution in [2.24, 2.45) is 0 Å². The van der Waals surface area contributed by atoms with E-state index < -0.39 is 0 Å². The third-order valence-corrected chi connectivity index (χ3v) is 3.37. The van der Waals surface area contributed by atoms with Crippen LogP contribution in [0.3, 0.4) is 0 Å². The van der Waals surface area contributed by atoms with Gasteiger partial charge in [0.15, 0.2) is 0 Å². The van der Waals surface area contributed by atoms with E-state index in [9.17, 15) is 0 Å². The van der Waals surface area contributed by atoms with Crippen LogP contribution in [0.4, 0.5) is 0 Å². The molecule has 106 valence electrons. The molecule has 0 aliphatic rings.